The topological polar surface area (TPSA) is 200 Å². The molecule has 1 aliphatic carbocycles. The van der Waals surface area contributed by atoms with Crippen LogP contribution in [0.4, 0.5) is 0 Å². The first-order valence-electron chi connectivity index (χ1n) is 18.5. The Labute approximate surface area is 302 Å². The van der Waals surface area contributed by atoms with E-state index in [1.807, 2.05) is 74.5 Å². The maximum absolute atomic E-state index is 13.9. The number of piperidine rings is 1. The zero-order valence-electron chi connectivity index (χ0n) is 30.1. The highest BCUT2D eigenvalue weighted by atomic mass is 16.4. The van der Waals surface area contributed by atoms with Crippen molar-refractivity contribution in [3.05, 3.63) is 71.8 Å². The molecule has 278 valence electrons. The van der Waals surface area contributed by atoms with Crippen LogP contribution >= 0.6 is 0 Å². The summed E-state index contributed by atoms with van der Waals surface area (Å²) in [5.41, 5.74) is 13.8. The zero-order valence-corrected chi connectivity index (χ0v) is 30.1. The van der Waals surface area contributed by atoms with E-state index in [1.54, 1.807) is 4.90 Å². The number of carbonyl (C=O) groups is 4. The molecule has 2 aliphatic rings. The SMILES string of the molecule is CC(C)C[C@@H](NC(=O)[C@@H](Cc1ccccc1)NC(=O)[C@H](N)Cc1ccccc1)C(=O)N[C@H](CCCCN)C(=O)N1CCC2(CC1)CC(B(O)O)C2. The molecular weight excluding hydrogens is 647 g/mol. The van der Waals surface area contributed by atoms with Crippen LogP contribution in [0, 0.1) is 11.3 Å². The first kappa shape index (κ1) is 40.0. The number of nitrogens with two attached hydrogens (primary N) is 2. The largest absolute Gasteiger partial charge is 0.454 e. The van der Waals surface area contributed by atoms with E-state index in [0.717, 1.165) is 36.8 Å². The highest BCUT2D eigenvalue weighted by molar-refractivity contribution is 6.43. The van der Waals surface area contributed by atoms with Crippen LogP contribution in [0.25, 0.3) is 0 Å². The molecular formula is C38H57BN6O6. The number of hydrogen-bond donors (Lipinski definition) is 7. The summed E-state index contributed by atoms with van der Waals surface area (Å²) in [6, 6.07) is 15.1. The van der Waals surface area contributed by atoms with Crippen molar-refractivity contribution in [1.82, 2.24) is 20.9 Å². The summed E-state index contributed by atoms with van der Waals surface area (Å²) in [5, 5.41) is 27.8. The summed E-state index contributed by atoms with van der Waals surface area (Å²) in [6.07, 6.45) is 5.62. The van der Waals surface area contributed by atoms with Crippen LogP contribution in [-0.2, 0) is 32.0 Å². The van der Waals surface area contributed by atoms with Gasteiger partial charge in [-0.2, -0.15) is 0 Å². The van der Waals surface area contributed by atoms with Crippen LogP contribution in [-0.4, -0.2) is 89.5 Å². The highest BCUT2D eigenvalue weighted by Crippen LogP contribution is 2.56. The normalized spacial score (nSPS) is 17.9. The predicted molar refractivity (Wildman–Crippen MR) is 198 cm³/mol. The van der Waals surface area contributed by atoms with E-state index in [9.17, 15) is 29.2 Å². The van der Waals surface area contributed by atoms with Gasteiger partial charge >= 0.3 is 7.12 Å². The lowest BCUT2D eigenvalue weighted by Gasteiger charge is -2.52. The first-order valence-corrected chi connectivity index (χ1v) is 18.5. The first-order chi connectivity index (χ1) is 24.4. The molecule has 51 heavy (non-hydrogen) atoms. The predicted octanol–water partition coefficient (Wildman–Crippen LogP) is 1.67. The molecule has 1 heterocycles. The second kappa shape index (κ2) is 19.2. The van der Waals surface area contributed by atoms with Crippen LogP contribution in [0.1, 0.15) is 76.3 Å². The molecule has 1 spiro atoms. The number of benzene rings is 2. The summed E-state index contributed by atoms with van der Waals surface area (Å²) in [5.74, 6) is -1.69. The van der Waals surface area contributed by atoms with Crippen LogP contribution in [0.15, 0.2) is 60.7 Å². The molecule has 4 atom stereocenters. The Bertz CT molecular complexity index is 1410. The summed E-state index contributed by atoms with van der Waals surface area (Å²) >= 11 is 0. The lowest BCUT2D eigenvalue weighted by Crippen LogP contribution is -2.59. The molecule has 12 nitrogen and oxygen atoms in total. The third-order valence-corrected chi connectivity index (χ3v) is 10.4. The van der Waals surface area contributed by atoms with Gasteiger partial charge in [0.05, 0.1) is 6.04 Å². The molecule has 4 rings (SSSR count). The van der Waals surface area contributed by atoms with Gasteiger partial charge in [-0.15, -0.1) is 0 Å². The molecule has 1 aliphatic heterocycles. The number of carbonyl (C=O) groups excluding carboxylic acids is 4. The van der Waals surface area contributed by atoms with E-state index in [2.05, 4.69) is 16.0 Å². The van der Waals surface area contributed by atoms with Crippen molar-refractivity contribution < 1.29 is 29.2 Å². The summed E-state index contributed by atoms with van der Waals surface area (Å²) in [4.78, 5) is 56.8. The van der Waals surface area contributed by atoms with Crippen molar-refractivity contribution in [2.75, 3.05) is 19.6 Å². The van der Waals surface area contributed by atoms with Crippen molar-refractivity contribution in [3.8, 4) is 0 Å². The van der Waals surface area contributed by atoms with E-state index in [4.69, 9.17) is 11.5 Å². The van der Waals surface area contributed by atoms with E-state index < -0.39 is 49.0 Å². The number of unbranched alkanes of at least 4 members (excludes halogenated alkanes) is 1. The van der Waals surface area contributed by atoms with Gasteiger partial charge in [0.25, 0.3) is 0 Å². The fourth-order valence-corrected chi connectivity index (χ4v) is 7.39. The van der Waals surface area contributed by atoms with Crippen LogP contribution in [0.3, 0.4) is 0 Å². The van der Waals surface area contributed by atoms with Crippen molar-refractivity contribution in [3.63, 3.8) is 0 Å². The Balaban J connectivity index is 1.44. The van der Waals surface area contributed by atoms with Crippen molar-refractivity contribution in [2.24, 2.45) is 22.8 Å². The van der Waals surface area contributed by atoms with Gasteiger partial charge in [-0.3, -0.25) is 19.2 Å². The van der Waals surface area contributed by atoms with Gasteiger partial charge in [0, 0.05) is 19.5 Å². The second-order valence-corrected chi connectivity index (χ2v) is 15.0. The second-order valence-electron chi connectivity index (χ2n) is 15.0. The number of hydrogen-bond acceptors (Lipinski definition) is 8. The average Bonchev–Trinajstić information content (AvgIpc) is 3.09. The summed E-state index contributed by atoms with van der Waals surface area (Å²) < 4.78 is 0. The molecule has 2 fully saturated rings. The smallest absolute Gasteiger partial charge is 0.427 e. The fraction of sp³-hybridized carbons (Fsp3) is 0.579. The van der Waals surface area contributed by atoms with Crippen molar-refractivity contribution >= 4 is 30.7 Å². The van der Waals surface area contributed by atoms with Crippen molar-refractivity contribution in [1.29, 1.82) is 0 Å². The third-order valence-electron chi connectivity index (χ3n) is 10.4. The number of amides is 4. The maximum Gasteiger partial charge on any atom is 0.454 e. The van der Waals surface area contributed by atoms with Crippen LogP contribution in [0.5, 0.6) is 0 Å². The van der Waals surface area contributed by atoms with Gasteiger partial charge < -0.3 is 42.4 Å². The Morgan fingerprint density at radius 1 is 0.804 bits per heavy atom. The van der Waals surface area contributed by atoms with Gasteiger partial charge in [-0.25, -0.2) is 0 Å². The minimum absolute atomic E-state index is 0.0350. The number of nitrogens with zero attached hydrogens (tertiary/aromatic N) is 1. The zero-order chi connectivity index (χ0) is 37.0. The molecule has 0 aromatic heterocycles. The molecule has 0 radical (unpaired) electrons. The number of nitrogens with one attached hydrogen (secondary N) is 3. The molecule has 13 heteroatoms. The van der Waals surface area contributed by atoms with Gasteiger partial charge in [-0.1, -0.05) is 74.5 Å². The third kappa shape index (κ3) is 11.9. The van der Waals surface area contributed by atoms with E-state index in [1.165, 1.54) is 0 Å². The molecule has 0 bridgehead atoms. The van der Waals surface area contributed by atoms with Gasteiger partial charge in [0.15, 0.2) is 0 Å². The summed E-state index contributed by atoms with van der Waals surface area (Å²) in [7, 11) is -1.31. The highest BCUT2D eigenvalue weighted by Gasteiger charge is 2.50. The maximum atomic E-state index is 13.9. The quantitative estimate of drug-likeness (QED) is 0.0898. The van der Waals surface area contributed by atoms with Crippen LogP contribution in [0.2, 0.25) is 5.82 Å². The minimum Gasteiger partial charge on any atom is -0.427 e. The fourth-order valence-electron chi connectivity index (χ4n) is 7.39. The molecule has 9 N–H and O–H groups in total. The van der Waals surface area contributed by atoms with Crippen molar-refractivity contribution in [2.45, 2.75) is 108 Å². The standard InChI is InChI=1S/C38H57BN6O6/c1-26(2)21-32(35(47)42-31(15-9-10-18-40)37(49)45-19-16-38(17-20-45)24-29(25-38)39(50)51)44-36(48)33(23-28-13-7-4-8-14-28)43-34(46)30(41)22-27-11-5-3-6-12-27/h3-8,11-14,26,29-33,50-51H,9-10,15-25,40-41H2,1-2H3,(H,42,47)(H,43,46)(H,44,48)/t30-,31-,32-,33-/m1/s1. The molecule has 1 saturated carbocycles. The average molecular weight is 705 g/mol. The Kier molecular flexibility index (Phi) is 15.0. The van der Waals surface area contributed by atoms with Crippen LogP contribution < -0.4 is 27.4 Å². The van der Waals surface area contributed by atoms with E-state index in [-0.39, 0.29) is 29.5 Å². The Morgan fingerprint density at radius 2 is 1.33 bits per heavy atom. The molecule has 2 aromatic carbocycles. The lowest BCUT2D eigenvalue weighted by atomic mass is 9.47. The van der Waals surface area contributed by atoms with Gasteiger partial charge in [0.1, 0.15) is 18.1 Å². The molecule has 2 aromatic rings. The number of likely N-dealkylation sites (tertiary alicyclic amines) is 1. The lowest BCUT2D eigenvalue weighted by molar-refractivity contribution is -0.140. The minimum atomic E-state index is -1.31. The molecule has 1 saturated heterocycles. The molecule has 0 unspecified atom stereocenters. The van der Waals surface area contributed by atoms with E-state index >= 15 is 0 Å². The number of rotatable bonds is 18. The summed E-state index contributed by atoms with van der Waals surface area (Å²) in [6.45, 7) is 5.44. The Morgan fingerprint density at radius 3 is 1.88 bits per heavy atom. The Hall–Kier alpha value is -3.78. The van der Waals surface area contributed by atoms with Gasteiger partial charge in [0.2, 0.25) is 23.6 Å². The van der Waals surface area contributed by atoms with Gasteiger partial charge in [-0.05, 0) is 92.6 Å². The van der Waals surface area contributed by atoms with E-state index in [0.29, 0.717) is 51.7 Å². The molecule has 4 amide bonds. The monoisotopic (exact) mass is 704 g/mol.